The van der Waals surface area contributed by atoms with Gasteiger partial charge in [-0.2, -0.15) is 0 Å². The molecule has 0 radical (unpaired) electrons. The van der Waals surface area contributed by atoms with Crippen LogP contribution >= 0.6 is 11.6 Å². The largest absolute Gasteiger partial charge is 0.493 e. The monoisotopic (exact) mass is 360 g/mol. The van der Waals surface area contributed by atoms with Gasteiger partial charge in [-0.05, 0) is 49.2 Å². The van der Waals surface area contributed by atoms with Gasteiger partial charge in [0.25, 0.3) is 0 Å². The van der Waals surface area contributed by atoms with Gasteiger partial charge in [0.05, 0.1) is 18.7 Å². The average Bonchev–Trinajstić information content (AvgIpc) is 2.58. The lowest BCUT2D eigenvalue weighted by molar-refractivity contribution is -0.111. The average molecular weight is 361 g/mol. The summed E-state index contributed by atoms with van der Waals surface area (Å²) in [5.41, 5.74) is 1.57. The molecule has 0 bridgehead atoms. The van der Waals surface area contributed by atoms with Crippen LogP contribution in [0.15, 0.2) is 36.4 Å². The van der Waals surface area contributed by atoms with E-state index in [9.17, 15) is 4.79 Å². The lowest BCUT2D eigenvalue weighted by Crippen LogP contribution is -2.09. The quantitative estimate of drug-likeness (QED) is 0.739. The molecule has 1 aromatic carbocycles. The summed E-state index contributed by atoms with van der Waals surface area (Å²) >= 11 is 6.26. The standard InChI is InChI=1S/C19H21ClN2O3/c1-4-10-25-19-15(20)11-14(12-16(19)24-3)8-9-18(23)22-17-7-5-6-13(2)21-17/h5-9,11-12H,4,10H2,1-3H3,(H,21,22,23)/b9-8+. The lowest BCUT2D eigenvalue weighted by atomic mass is 10.2. The number of nitrogens with zero attached hydrogens (tertiary/aromatic N) is 1. The molecule has 132 valence electrons. The molecule has 0 fully saturated rings. The highest BCUT2D eigenvalue weighted by Gasteiger charge is 2.11. The molecule has 0 aliphatic rings. The Morgan fingerprint density at radius 2 is 2.16 bits per heavy atom. The zero-order valence-electron chi connectivity index (χ0n) is 14.5. The van der Waals surface area contributed by atoms with Gasteiger partial charge in [0.2, 0.25) is 5.91 Å². The third-order valence-electron chi connectivity index (χ3n) is 3.27. The molecule has 0 atom stereocenters. The normalized spacial score (nSPS) is 10.7. The Balaban J connectivity index is 2.12. The maximum absolute atomic E-state index is 12.0. The summed E-state index contributed by atoms with van der Waals surface area (Å²) in [6.45, 7) is 4.43. The molecule has 0 saturated carbocycles. The molecule has 25 heavy (non-hydrogen) atoms. The Morgan fingerprint density at radius 1 is 1.36 bits per heavy atom. The second-order valence-corrected chi connectivity index (χ2v) is 5.78. The minimum atomic E-state index is -0.278. The number of carbonyl (C=O) groups is 1. The molecule has 6 heteroatoms. The molecule has 0 spiro atoms. The number of carbonyl (C=O) groups excluding carboxylic acids is 1. The molecule has 2 rings (SSSR count). The first-order valence-electron chi connectivity index (χ1n) is 7.96. The smallest absolute Gasteiger partial charge is 0.249 e. The number of aromatic nitrogens is 1. The maximum Gasteiger partial charge on any atom is 0.249 e. The molecule has 1 N–H and O–H groups in total. The van der Waals surface area contributed by atoms with E-state index in [1.807, 2.05) is 26.0 Å². The summed E-state index contributed by atoms with van der Waals surface area (Å²) in [5.74, 6) is 1.27. The fourth-order valence-electron chi connectivity index (χ4n) is 2.13. The summed E-state index contributed by atoms with van der Waals surface area (Å²) in [7, 11) is 1.55. The number of methoxy groups -OCH3 is 1. The zero-order chi connectivity index (χ0) is 18.2. The molecular formula is C19H21ClN2O3. The van der Waals surface area contributed by atoms with Crippen molar-refractivity contribution in [1.29, 1.82) is 0 Å². The van der Waals surface area contributed by atoms with Crippen LogP contribution in [0.25, 0.3) is 6.08 Å². The van der Waals surface area contributed by atoms with Crippen LogP contribution in [-0.2, 0) is 4.79 Å². The van der Waals surface area contributed by atoms with Gasteiger partial charge in [0, 0.05) is 11.8 Å². The highest BCUT2D eigenvalue weighted by Crippen LogP contribution is 2.36. The van der Waals surface area contributed by atoms with E-state index >= 15 is 0 Å². The number of rotatable bonds is 7. The van der Waals surface area contributed by atoms with E-state index in [1.165, 1.54) is 6.08 Å². The molecular weight excluding hydrogens is 340 g/mol. The molecule has 1 amide bonds. The predicted molar refractivity (Wildman–Crippen MR) is 100 cm³/mol. The number of halogens is 1. The summed E-state index contributed by atoms with van der Waals surface area (Å²) in [6, 6.07) is 8.93. The van der Waals surface area contributed by atoms with Crippen LogP contribution in [0, 0.1) is 6.92 Å². The molecule has 2 aromatic rings. The highest BCUT2D eigenvalue weighted by molar-refractivity contribution is 6.32. The molecule has 0 aliphatic carbocycles. The summed E-state index contributed by atoms with van der Waals surface area (Å²) < 4.78 is 10.9. The predicted octanol–water partition coefficient (Wildman–Crippen LogP) is 4.49. The molecule has 5 nitrogen and oxygen atoms in total. The van der Waals surface area contributed by atoms with Crippen molar-refractivity contribution in [3.8, 4) is 11.5 Å². The van der Waals surface area contributed by atoms with Crippen molar-refractivity contribution in [3.63, 3.8) is 0 Å². The maximum atomic E-state index is 12.0. The summed E-state index contributed by atoms with van der Waals surface area (Å²) in [6.07, 6.45) is 3.94. The van der Waals surface area contributed by atoms with Crippen molar-refractivity contribution in [3.05, 3.63) is 52.7 Å². The Morgan fingerprint density at radius 3 is 2.84 bits per heavy atom. The van der Waals surface area contributed by atoms with Crippen LogP contribution in [0.3, 0.4) is 0 Å². The topological polar surface area (TPSA) is 60.5 Å². The van der Waals surface area contributed by atoms with Gasteiger partial charge in [-0.15, -0.1) is 0 Å². The van der Waals surface area contributed by atoms with Crippen molar-refractivity contribution in [2.75, 3.05) is 19.0 Å². The first kappa shape index (κ1) is 18.8. The van der Waals surface area contributed by atoms with Crippen LogP contribution in [0.2, 0.25) is 5.02 Å². The Bertz CT molecular complexity index is 775. The van der Waals surface area contributed by atoms with Gasteiger partial charge in [-0.3, -0.25) is 4.79 Å². The summed E-state index contributed by atoms with van der Waals surface area (Å²) in [4.78, 5) is 16.2. The fourth-order valence-corrected chi connectivity index (χ4v) is 2.41. The Kier molecular flexibility index (Phi) is 6.83. The third kappa shape index (κ3) is 5.50. The van der Waals surface area contributed by atoms with E-state index in [4.69, 9.17) is 21.1 Å². The lowest BCUT2D eigenvalue weighted by Gasteiger charge is -2.12. The number of ether oxygens (including phenoxy) is 2. The van der Waals surface area contributed by atoms with E-state index in [0.717, 1.165) is 17.7 Å². The van der Waals surface area contributed by atoms with Crippen molar-refractivity contribution < 1.29 is 14.3 Å². The molecule has 0 aliphatic heterocycles. The number of pyridine rings is 1. The van der Waals surface area contributed by atoms with Crippen molar-refractivity contribution in [2.45, 2.75) is 20.3 Å². The molecule has 1 heterocycles. The minimum absolute atomic E-state index is 0.278. The van der Waals surface area contributed by atoms with E-state index in [1.54, 1.807) is 31.4 Å². The number of nitrogens with one attached hydrogen (secondary N) is 1. The SMILES string of the molecule is CCCOc1c(Cl)cc(/C=C/C(=O)Nc2cccc(C)n2)cc1OC. The molecule has 0 unspecified atom stereocenters. The van der Waals surface area contributed by atoms with Crippen molar-refractivity contribution in [2.24, 2.45) is 0 Å². The van der Waals surface area contributed by atoms with Gasteiger partial charge in [0.15, 0.2) is 11.5 Å². The number of amides is 1. The van der Waals surface area contributed by atoms with Crippen molar-refractivity contribution in [1.82, 2.24) is 4.98 Å². The molecule has 0 saturated heterocycles. The van der Waals surface area contributed by atoms with Crippen LogP contribution in [0.4, 0.5) is 5.82 Å². The highest BCUT2D eigenvalue weighted by atomic mass is 35.5. The second kappa shape index (κ2) is 9.08. The van der Waals surface area contributed by atoms with E-state index < -0.39 is 0 Å². The van der Waals surface area contributed by atoms with Crippen LogP contribution in [0.1, 0.15) is 24.6 Å². The van der Waals surface area contributed by atoms with E-state index in [2.05, 4.69) is 10.3 Å². The third-order valence-corrected chi connectivity index (χ3v) is 3.55. The van der Waals surface area contributed by atoms with Gasteiger partial charge in [0.1, 0.15) is 5.82 Å². The number of anilines is 1. The Hall–Kier alpha value is -2.53. The number of hydrogen-bond donors (Lipinski definition) is 1. The van der Waals surface area contributed by atoms with Crippen LogP contribution < -0.4 is 14.8 Å². The first-order chi connectivity index (χ1) is 12.0. The van der Waals surface area contributed by atoms with Gasteiger partial charge >= 0.3 is 0 Å². The van der Waals surface area contributed by atoms with Crippen LogP contribution in [-0.4, -0.2) is 24.6 Å². The van der Waals surface area contributed by atoms with Crippen LogP contribution in [0.5, 0.6) is 11.5 Å². The zero-order valence-corrected chi connectivity index (χ0v) is 15.3. The van der Waals surface area contributed by atoms with Gasteiger partial charge < -0.3 is 14.8 Å². The second-order valence-electron chi connectivity index (χ2n) is 5.37. The van der Waals surface area contributed by atoms with Gasteiger partial charge in [-0.1, -0.05) is 24.6 Å². The number of hydrogen-bond acceptors (Lipinski definition) is 4. The fraction of sp³-hybridized carbons (Fsp3) is 0.263. The Labute approximate surface area is 152 Å². The van der Waals surface area contributed by atoms with E-state index in [0.29, 0.717) is 28.9 Å². The first-order valence-corrected chi connectivity index (χ1v) is 8.34. The number of benzene rings is 1. The number of aryl methyl sites for hydroxylation is 1. The minimum Gasteiger partial charge on any atom is -0.493 e. The van der Waals surface area contributed by atoms with E-state index in [-0.39, 0.29) is 5.91 Å². The van der Waals surface area contributed by atoms with Gasteiger partial charge in [-0.25, -0.2) is 4.98 Å². The van der Waals surface area contributed by atoms with Crippen molar-refractivity contribution >= 4 is 29.4 Å². The summed E-state index contributed by atoms with van der Waals surface area (Å²) in [5, 5.41) is 3.15. The molecule has 1 aromatic heterocycles.